The van der Waals surface area contributed by atoms with Crippen LogP contribution in [0.1, 0.15) is 37.5 Å². The lowest BCUT2D eigenvalue weighted by molar-refractivity contribution is -0.143. The molecule has 2 aromatic rings. The van der Waals surface area contributed by atoms with Gasteiger partial charge in [-0.15, -0.1) is 0 Å². The topological polar surface area (TPSA) is 81.5 Å². The van der Waals surface area contributed by atoms with Crippen LogP contribution in [-0.4, -0.2) is 17.7 Å². The second-order valence-electron chi connectivity index (χ2n) is 4.61. The zero-order chi connectivity index (χ0) is 15.5. The highest BCUT2D eigenvalue weighted by atomic mass is 16.5. The molecule has 4 nitrogen and oxygen atoms in total. The third-order valence-corrected chi connectivity index (χ3v) is 2.58. The van der Waals surface area contributed by atoms with Crippen LogP contribution in [0, 0.1) is 0 Å². The van der Waals surface area contributed by atoms with Gasteiger partial charge in [-0.2, -0.15) is 0 Å². The first-order valence-electron chi connectivity index (χ1n) is 7.12. The molecule has 2 aromatic carbocycles. The van der Waals surface area contributed by atoms with Crippen LogP contribution in [-0.2, 0) is 9.53 Å². The predicted octanol–water partition coefficient (Wildman–Crippen LogP) is 4.46. The summed E-state index contributed by atoms with van der Waals surface area (Å²) in [6.45, 7) is 3.94. The molecule has 0 radical (unpaired) electrons. The minimum Gasteiger partial charge on any atom is -0.480 e. The average Bonchev–Trinajstić information content (AvgIpc) is 2.50. The fourth-order valence-corrected chi connectivity index (χ4v) is 1.80. The van der Waals surface area contributed by atoms with Crippen LogP contribution >= 0.6 is 0 Å². The molecular weight excluding hydrogens is 278 g/mol. The van der Waals surface area contributed by atoms with Crippen LogP contribution in [0.2, 0.25) is 0 Å². The molecule has 0 saturated heterocycles. The van der Waals surface area contributed by atoms with Gasteiger partial charge in [0.25, 0.3) is 0 Å². The van der Waals surface area contributed by atoms with E-state index in [9.17, 15) is 4.79 Å². The second kappa shape index (κ2) is 11.5. The van der Waals surface area contributed by atoms with Gasteiger partial charge in [-0.3, -0.25) is 0 Å². The molecule has 0 bridgehead atoms. The third-order valence-electron chi connectivity index (χ3n) is 2.58. The van der Waals surface area contributed by atoms with Crippen LogP contribution in [0.15, 0.2) is 60.7 Å². The van der Waals surface area contributed by atoms with Gasteiger partial charge in [0.1, 0.15) is 12.7 Å². The molecule has 4 N–H and O–H groups in total. The molecule has 120 valence electrons. The van der Waals surface area contributed by atoms with Gasteiger partial charge in [-0.25, -0.2) is 4.79 Å². The summed E-state index contributed by atoms with van der Waals surface area (Å²) in [5, 5.41) is 8.73. The van der Waals surface area contributed by atoms with Crippen molar-refractivity contribution in [2.75, 3.05) is 6.61 Å². The monoisotopic (exact) mass is 303 g/mol. The first kappa shape index (κ1) is 19.8. The Kier molecular flexibility index (Phi) is 10.4. The Balaban J connectivity index is 0.00000102. The lowest BCUT2D eigenvalue weighted by Gasteiger charge is -2.17. The molecule has 0 aliphatic rings. The number of hydrogen-bond acceptors (Lipinski definition) is 3. The molecule has 2 rings (SSSR count). The summed E-state index contributed by atoms with van der Waals surface area (Å²) in [7, 11) is 0. The highest BCUT2D eigenvalue weighted by Crippen LogP contribution is 2.25. The number of hydrogen-bond donors (Lipinski definition) is 2. The van der Waals surface area contributed by atoms with Gasteiger partial charge in [0.05, 0.1) is 0 Å². The molecule has 0 aliphatic heterocycles. The van der Waals surface area contributed by atoms with Gasteiger partial charge in [-0.05, 0) is 11.1 Å². The third kappa shape index (κ3) is 7.02. The maximum Gasteiger partial charge on any atom is 0.329 e. The van der Waals surface area contributed by atoms with E-state index in [2.05, 4.69) is 13.8 Å². The van der Waals surface area contributed by atoms with E-state index < -0.39 is 5.97 Å². The van der Waals surface area contributed by atoms with E-state index in [0.29, 0.717) is 0 Å². The molecule has 0 atom stereocenters. The Morgan fingerprint density at radius 1 is 0.955 bits per heavy atom. The molecule has 0 fully saturated rings. The number of rotatable bonds is 5. The van der Waals surface area contributed by atoms with Crippen molar-refractivity contribution in [2.45, 2.75) is 26.4 Å². The maximum atomic E-state index is 10.6. The van der Waals surface area contributed by atoms with Crippen molar-refractivity contribution in [3.63, 3.8) is 0 Å². The largest absolute Gasteiger partial charge is 0.480 e. The van der Waals surface area contributed by atoms with E-state index in [-0.39, 0.29) is 18.9 Å². The predicted molar refractivity (Wildman–Crippen MR) is 89.3 cm³/mol. The van der Waals surface area contributed by atoms with Gasteiger partial charge in [0.2, 0.25) is 0 Å². The van der Waals surface area contributed by atoms with Crippen molar-refractivity contribution >= 4 is 5.97 Å². The number of aliphatic carboxylic acids is 1. The molecular formula is C18H25NO3. The second-order valence-corrected chi connectivity index (χ2v) is 4.61. The number of carboxylic acids is 1. The van der Waals surface area contributed by atoms with Crippen LogP contribution in [0.3, 0.4) is 0 Å². The number of benzene rings is 2. The van der Waals surface area contributed by atoms with Crippen molar-refractivity contribution in [3.05, 3.63) is 71.8 Å². The van der Waals surface area contributed by atoms with Crippen molar-refractivity contribution in [2.24, 2.45) is 0 Å². The molecule has 0 spiro atoms. The van der Waals surface area contributed by atoms with Crippen molar-refractivity contribution in [1.29, 1.82) is 0 Å². The summed E-state index contributed by atoms with van der Waals surface area (Å²) in [6, 6.07) is 19.2. The fraction of sp³-hybridized carbons (Fsp3) is 0.278. The maximum absolute atomic E-state index is 10.6. The minimum absolute atomic E-state index is 0. The van der Waals surface area contributed by atoms with E-state index >= 15 is 0 Å². The van der Waals surface area contributed by atoms with Gasteiger partial charge in [-0.1, -0.05) is 80.9 Å². The van der Waals surface area contributed by atoms with Crippen LogP contribution in [0.5, 0.6) is 0 Å². The van der Waals surface area contributed by atoms with Gasteiger partial charge in [0.15, 0.2) is 0 Å². The van der Waals surface area contributed by atoms with E-state index in [1.165, 1.54) is 6.42 Å². The lowest BCUT2D eigenvalue weighted by Crippen LogP contribution is -2.13. The summed E-state index contributed by atoms with van der Waals surface area (Å²) in [4.78, 5) is 10.6. The summed E-state index contributed by atoms with van der Waals surface area (Å²) in [6.07, 6.45) is 0.906. The molecule has 0 unspecified atom stereocenters. The van der Waals surface area contributed by atoms with Gasteiger partial charge in [0, 0.05) is 0 Å². The molecule has 22 heavy (non-hydrogen) atoms. The van der Waals surface area contributed by atoms with Crippen LogP contribution in [0.4, 0.5) is 0 Å². The van der Waals surface area contributed by atoms with E-state index in [4.69, 9.17) is 9.84 Å². The standard InChI is InChI=1S/C15H14O3.C3H8.H3N/c16-14(17)11-18-15(12-7-3-1-4-8-12)13-9-5-2-6-10-13;1-3-2;/h1-10,15H,11H2,(H,16,17);3H2,1-2H3;1H3. The molecule has 0 heterocycles. The summed E-state index contributed by atoms with van der Waals surface area (Å²) >= 11 is 0. The number of carbonyl (C=O) groups is 1. The smallest absolute Gasteiger partial charge is 0.329 e. The Labute approximate surface area is 132 Å². The quantitative estimate of drug-likeness (QED) is 0.854. The van der Waals surface area contributed by atoms with E-state index in [0.717, 1.165) is 11.1 Å². The zero-order valence-electron chi connectivity index (χ0n) is 13.2. The van der Waals surface area contributed by atoms with Crippen LogP contribution < -0.4 is 6.15 Å². The lowest BCUT2D eigenvalue weighted by atomic mass is 10.0. The Morgan fingerprint density at radius 3 is 1.64 bits per heavy atom. The highest BCUT2D eigenvalue weighted by molar-refractivity contribution is 5.68. The summed E-state index contributed by atoms with van der Waals surface area (Å²) in [5.41, 5.74) is 1.90. The van der Waals surface area contributed by atoms with E-state index in [1.807, 2.05) is 60.7 Å². The average molecular weight is 303 g/mol. The first-order valence-corrected chi connectivity index (χ1v) is 7.12. The van der Waals surface area contributed by atoms with Crippen molar-refractivity contribution < 1.29 is 14.6 Å². The Morgan fingerprint density at radius 2 is 1.32 bits per heavy atom. The highest BCUT2D eigenvalue weighted by Gasteiger charge is 2.15. The Hall–Kier alpha value is -2.17. The zero-order valence-corrected chi connectivity index (χ0v) is 13.2. The van der Waals surface area contributed by atoms with Crippen LogP contribution in [0.25, 0.3) is 0 Å². The molecule has 0 saturated carbocycles. The fourth-order valence-electron chi connectivity index (χ4n) is 1.80. The van der Waals surface area contributed by atoms with Crippen molar-refractivity contribution in [1.82, 2.24) is 6.15 Å². The summed E-state index contributed by atoms with van der Waals surface area (Å²) in [5.74, 6) is -0.966. The number of carboxylic acid groups (broad SMARTS) is 1. The van der Waals surface area contributed by atoms with E-state index in [1.54, 1.807) is 0 Å². The van der Waals surface area contributed by atoms with Gasteiger partial charge < -0.3 is 16.0 Å². The van der Waals surface area contributed by atoms with Crippen molar-refractivity contribution in [3.8, 4) is 0 Å². The molecule has 0 aliphatic carbocycles. The minimum atomic E-state index is -0.966. The normalized spacial score (nSPS) is 9.41. The SMILES string of the molecule is CCC.N.O=C(O)COC(c1ccccc1)c1ccccc1. The first-order chi connectivity index (χ1) is 10.2. The molecule has 0 amide bonds. The molecule has 4 heteroatoms. The van der Waals surface area contributed by atoms with Gasteiger partial charge >= 0.3 is 5.97 Å². The Bertz CT molecular complexity index is 475. The summed E-state index contributed by atoms with van der Waals surface area (Å²) < 4.78 is 5.48. The number of ether oxygens (including phenoxy) is 1. The molecule has 0 aromatic heterocycles.